The number of nitrogens with zero attached hydrogens (tertiary/aromatic N) is 1. The molecule has 0 amide bonds. The number of rotatable bonds is 3. The highest BCUT2D eigenvalue weighted by molar-refractivity contribution is 7.87. The molecule has 0 bridgehead atoms. The highest BCUT2D eigenvalue weighted by Gasteiger charge is 2.28. The Labute approximate surface area is 84.7 Å². The number of Topliss-reactive ketones (excluding diaryl/α,β-unsaturated/α-hetero) is 1. The van der Waals surface area contributed by atoms with Gasteiger partial charge >= 0.3 is 0 Å². The third-order valence-corrected chi connectivity index (χ3v) is 4.24. The van der Waals surface area contributed by atoms with E-state index in [1.54, 1.807) is 7.05 Å². The van der Waals surface area contributed by atoms with Crippen LogP contribution in [0.15, 0.2) is 0 Å². The Balaban J connectivity index is 2.62. The van der Waals surface area contributed by atoms with Gasteiger partial charge in [0.05, 0.1) is 0 Å². The van der Waals surface area contributed by atoms with Crippen molar-refractivity contribution in [3.8, 4) is 0 Å². The first-order valence-corrected chi connectivity index (χ1v) is 6.09. The zero-order valence-electron chi connectivity index (χ0n) is 8.49. The summed E-state index contributed by atoms with van der Waals surface area (Å²) in [5.41, 5.74) is 0. The third kappa shape index (κ3) is 2.52. The lowest BCUT2D eigenvalue weighted by atomic mass is 9.95. The molecule has 6 heteroatoms. The van der Waals surface area contributed by atoms with Gasteiger partial charge in [-0.2, -0.15) is 12.7 Å². The van der Waals surface area contributed by atoms with E-state index in [2.05, 4.69) is 4.72 Å². The fraction of sp³-hybridized carbons (Fsp3) is 0.875. The van der Waals surface area contributed by atoms with Gasteiger partial charge in [0.2, 0.25) is 0 Å². The minimum atomic E-state index is -3.34. The molecule has 1 rings (SSSR count). The average Bonchev–Trinajstić information content (AvgIpc) is 2.18. The maximum absolute atomic E-state index is 11.4. The maximum Gasteiger partial charge on any atom is 0.279 e. The topological polar surface area (TPSA) is 66.5 Å². The highest BCUT2D eigenvalue weighted by Crippen LogP contribution is 2.20. The number of nitrogens with one attached hydrogen (secondary N) is 1. The molecule has 1 aliphatic rings. The van der Waals surface area contributed by atoms with Crippen LogP contribution in [0.4, 0.5) is 0 Å². The van der Waals surface area contributed by atoms with Gasteiger partial charge in [0.15, 0.2) is 0 Å². The lowest BCUT2D eigenvalue weighted by Crippen LogP contribution is -2.44. The predicted molar refractivity (Wildman–Crippen MR) is 53.0 cm³/mol. The second kappa shape index (κ2) is 4.37. The van der Waals surface area contributed by atoms with E-state index >= 15 is 0 Å². The molecule has 0 aromatic heterocycles. The normalized spacial score (nSPS) is 20.4. The number of carbonyl (C=O) groups is 1. The summed E-state index contributed by atoms with van der Waals surface area (Å²) in [5.74, 6) is 0.233. The van der Waals surface area contributed by atoms with E-state index in [0.29, 0.717) is 25.7 Å². The molecule has 1 saturated carbocycles. The van der Waals surface area contributed by atoms with Crippen LogP contribution in [-0.2, 0) is 15.0 Å². The summed E-state index contributed by atoms with van der Waals surface area (Å²) in [4.78, 5) is 11.0. The first kappa shape index (κ1) is 11.6. The van der Waals surface area contributed by atoms with Crippen LogP contribution in [0.3, 0.4) is 0 Å². The van der Waals surface area contributed by atoms with Gasteiger partial charge in [-0.15, -0.1) is 0 Å². The average molecular weight is 220 g/mol. The van der Waals surface area contributed by atoms with E-state index in [9.17, 15) is 13.2 Å². The Morgan fingerprint density at radius 2 is 1.86 bits per heavy atom. The third-order valence-electron chi connectivity index (χ3n) is 2.66. The van der Waals surface area contributed by atoms with Crippen molar-refractivity contribution < 1.29 is 13.2 Å². The van der Waals surface area contributed by atoms with E-state index in [1.165, 1.54) is 11.4 Å². The van der Waals surface area contributed by atoms with Crippen molar-refractivity contribution in [2.45, 2.75) is 31.7 Å². The molecule has 0 aromatic carbocycles. The van der Waals surface area contributed by atoms with Crippen molar-refractivity contribution in [3.05, 3.63) is 0 Å². The maximum atomic E-state index is 11.4. The summed E-state index contributed by atoms with van der Waals surface area (Å²) in [5, 5.41) is 0. The van der Waals surface area contributed by atoms with E-state index in [-0.39, 0.29) is 11.8 Å². The predicted octanol–water partition coefficient (Wildman–Crippen LogP) is -0.106. The molecule has 0 radical (unpaired) electrons. The number of hydrogen-bond donors (Lipinski definition) is 1. The summed E-state index contributed by atoms with van der Waals surface area (Å²) >= 11 is 0. The summed E-state index contributed by atoms with van der Waals surface area (Å²) in [6.07, 6.45) is 2.26. The molecule has 0 aromatic rings. The summed E-state index contributed by atoms with van der Waals surface area (Å²) in [7, 11) is -0.407. The lowest BCUT2D eigenvalue weighted by molar-refractivity contribution is -0.120. The highest BCUT2D eigenvalue weighted by atomic mass is 32.2. The Morgan fingerprint density at radius 1 is 1.36 bits per heavy atom. The molecule has 0 unspecified atom stereocenters. The van der Waals surface area contributed by atoms with Crippen LogP contribution in [-0.4, -0.2) is 38.6 Å². The molecule has 82 valence electrons. The second-order valence-corrected chi connectivity index (χ2v) is 5.43. The molecular formula is C8H16N2O3S. The Morgan fingerprint density at radius 3 is 2.29 bits per heavy atom. The first-order valence-electron chi connectivity index (χ1n) is 4.65. The smallest absolute Gasteiger partial charge is 0.279 e. The molecule has 0 atom stereocenters. The largest absolute Gasteiger partial charge is 0.300 e. The number of carbonyl (C=O) groups excluding carboxylic acids is 1. The van der Waals surface area contributed by atoms with Gasteiger partial charge in [0, 0.05) is 33.0 Å². The van der Waals surface area contributed by atoms with Crippen LogP contribution in [0, 0.1) is 0 Å². The van der Waals surface area contributed by atoms with Crippen molar-refractivity contribution in [2.75, 3.05) is 14.1 Å². The zero-order valence-corrected chi connectivity index (χ0v) is 9.30. The van der Waals surface area contributed by atoms with E-state index in [1.807, 2.05) is 0 Å². The Hall–Kier alpha value is -0.460. The van der Waals surface area contributed by atoms with Gasteiger partial charge in [0.1, 0.15) is 5.78 Å². The van der Waals surface area contributed by atoms with Gasteiger partial charge in [-0.25, -0.2) is 4.72 Å². The fourth-order valence-electron chi connectivity index (χ4n) is 1.63. The minimum Gasteiger partial charge on any atom is -0.300 e. The van der Waals surface area contributed by atoms with Crippen LogP contribution >= 0.6 is 0 Å². The monoisotopic (exact) mass is 220 g/mol. The van der Waals surface area contributed by atoms with E-state index in [4.69, 9.17) is 0 Å². The van der Waals surface area contributed by atoms with Gasteiger partial charge in [-0.1, -0.05) is 0 Å². The molecular weight excluding hydrogens is 204 g/mol. The first-order chi connectivity index (χ1) is 6.47. The van der Waals surface area contributed by atoms with Crippen molar-refractivity contribution in [1.29, 1.82) is 0 Å². The lowest BCUT2D eigenvalue weighted by Gasteiger charge is -2.29. The summed E-state index contributed by atoms with van der Waals surface area (Å²) in [6.45, 7) is 0. The summed E-state index contributed by atoms with van der Waals surface area (Å²) in [6, 6.07) is -0.0369. The van der Waals surface area contributed by atoms with Crippen LogP contribution in [0.1, 0.15) is 25.7 Å². The quantitative estimate of drug-likeness (QED) is 0.722. The molecule has 0 aliphatic heterocycles. The molecule has 1 fully saturated rings. The molecule has 1 N–H and O–H groups in total. The molecule has 5 nitrogen and oxygen atoms in total. The van der Waals surface area contributed by atoms with Gasteiger partial charge < -0.3 is 0 Å². The van der Waals surface area contributed by atoms with Gasteiger partial charge in [0.25, 0.3) is 10.2 Å². The second-order valence-electron chi connectivity index (χ2n) is 3.50. The van der Waals surface area contributed by atoms with Gasteiger partial charge in [-0.3, -0.25) is 4.79 Å². The van der Waals surface area contributed by atoms with E-state index < -0.39 is 10.2 Å². The van der Waals surface area contributed by atoms with Crippen molar-refractivity contribution in [2.24, 2.45) is 0 Å². The number of hydrogen-bond acceptors (Lipinski definition) is 3. The Bertz CT molecular complexity index is 303. The van der Waals surface area contributed by atoms with Crippen molar-refractivity contribution >= 4 is 16.0 Å². The molecule has 0 saturated heterocycles. The molecule has 0 heterocycles. The van der Waals surface area contributed by atoms with Crippen molar-refractivity contribution in [1.82, 2.24) is 9.03 Å². The molecule has 1 aliphatic carbocycles. The minimum absolute atomic E-state index is 0.0369. The van der Waals surface area contributed by atoms with Crippen LogP contribution in [0.25, 0.3) is 0 Å². The number of ketones is 1. The van der Waals surface area contributed by atoms with Gasteiger partial charge in [-0.05, 0) is 12.8 Å². The molecule has 14 heavy (non-hydrogen) atoms. The van der Waals surface area contributed by atoms with E-state index in [0.717, 1.165) is 0 Å². The Kier molecular flexibility index (Phi) is 3.63. The van der Waals surface area contributed by atoms with Crippen molar-refractivity contribution in [3.63, 3.8) is 0 Å². The SMILES string of the molecule is CNS(=O)(=O)N(C)C1CCC(=O)CC1. The fourth-order valence-corrected chi connectivity index (χ4v) is 2.52. The van der Waals surface area contributed by atoms with Crippen LogP contribution < -0.4 is 4.72 Å². The zero-order chi connectivity index (χ0) is 10.8. The summed E-state index contributed by atoms with van der Waals surface area (Å²) < 4.78 is 26.4. The standard InChI is InChI=1S/C8H16N2O3S/c1-9-14(12,13)10(2)7-3-5-8(11)6-4-7/h7,9H,3-6H2,1-2H3. The molecule has 0 spiro atoms. The van der Waals surface area contributed by atoms with Crippen LogP contribution in [0.5, 0.6) is 0 Å². The van der Waals surface area contributed by atoms with Crippen LogP contribution in [0.2, 0.25) is 0 Å².